The first-order valence-corrected chi connectivity index (χ1v) is 13.0. The van der Waals surface area contributed by atoms with Crippen molar-refractivity contribution in [1.82, 2.24) is 24.4 Å². The maximum absolute atomic E-state index is 13.4. The lowest BCUT2D eigenvalue weighted by Gasteiger charge is -2.33. The molecule has 5 rings (SSSR count). The Bertz CT molecular complexity index is 1270. The third kappa shape index (κ3) is 5.11. The number of fused-ring (bicyclic) bond motifs is 1. The molecule has 0 aromatic carbocycles. The molecule has 1 N–H and O–H groups in total. The van der Waals surface area contributed by atoms with Gasteiger partial charge in [-0.2, -0.15) is 4.98 Å². The smallest absolute Gasteiger partial charge is 0.263 e. The van der Waals surface area contributed by atoms with Gasteiger partial charge in [0, 0.05) is 43.8 Å². The second kappa shape index (κ2) is 11.2. The number of carbonyl (C=O) groups is 1. The molecule has 0 bridgehead atoms. The van der Waals surface area contributed by atoms with Crippen molar-refractivity contribution >= 4 is 34.3 Å². The van der Waals surface area contributed by atoms with E-state index in [-0.39, 0.29) is 22.9 Å². The summed E-state index contributed by atoms with van der Waals surface area (Å²) in [7, 11) is 2.14. The number of Topliss-reactive ketones (excluding diaryl/α,β-unsaturated/α-hetero) is 1. The highest BCUT2D eigenvalue weighted by atomic mass is 16.1. The first kappa shape index (κ1) is 25.8. The third-order valence-corrected chi connectivity index (χ3v) is 7.11. The number of anilines is 3. The first-order valence-electron chi connectivity index (χ1n) is 13.0. The highest BCUT2D eigenvalue weighted by molar-refractivity contribution is 5.99. The summed E-state index contributed by atoms with van der Waals surface area (Å²) in [4.78, 5) is 44.1. The number of hydrogen-bond donors (Lipinski definition) is 1. The van der Waals surface area contributed by atoms with E-state index in [0.717, 1.165) is 62.9 Å². The quantitative estimate of drug-likeness (QED) is 0.527. The molecular weight excluding hydrogens is 454 g/mol. The summed E-state index contributed by atoms with van der Waals surface area (Å²) in [6.07, 6.45) is 7.54. The number of piperazine rings is 1. The molecule has 3 aromatic heterocycles. The number of carbonyl (C=O) groups excluding carboxylic acids is 1. The first-order chi connectivity index (χ1) is 17.4. The van der Waals surface area contributed by atoms with Crippen molar-refractivity contribution in [3.05, 3.63) is 46.0 Å². The average molecular weight is 492 g/mol. The van der Waals surface area contributed by atoms with Crippen LogP contribution in [0.1, 0.15) is 68.4 Å². The van der Waals surface area contributed by atoms with Crippen molar-refractivity contribution in [2.45, 2.75) is 59.4 Å². The number of likely N-dealkylation sites (N-methyl/N-ethyl adjacent to an activating group) is 1. The Morgan fingerprint density at radius 3 is 2.33 bits per heavy atom. The highest BCUT2D eigenvalue weighted by Crippen LogP contribution is 2.32. The maximum atomic E-state index is 13.4. The van der Waals surface area contributed by atoms with Crippen molar-refractivity contribution < 1.29 is 4.79 Å². The molecule has 192 valence electrons. The van der Waals surface area contributed by atoms with Crippen molar-refractivity contribution in [2.75, 3.05) is 43.4 Å². The zero-order valence-corrected chi connectivity index (χ0v) is 22.0. The van der Waals surface area contributed by atoms with Crippen LogP contribution in [0.2, 0.25) is 0 Å². The van der Waals surface area contributed by atoms with Gasteiger partial charge < -0.3 is 15.1 Å². The summed E-state index contributed by atoms with van der Waals surface area (Å²) in [6.45, 7) is 11.3. The summed E-state index contributed by atoms with van der Waals surface area (Å²) in [5.74, 6) is 0.806. The predicted octanol–water partition coefficient (Wildman–Crippen LogP) is 4.33. The van der Waals surface area contributed by atoms with Gasteiger partial charge in [-0.3, -0.25) is 14.2 Å². The fourth-order valence-electron chi connectivity index (χ4n) is 5.14. The zero-order chi connectivity index (χ0) is 25.8. The molecule has 2 fully saturated rings. The third-order valence-electron chi connectivity index (χ3n) is 7.11. The van der Waals surface area contributed by atoms with Gasteiger partial charge in [0.05, 0.1) is 17.4 Å². The zero-order valence-electron chi connectivity index (χ0n) is 22.0. The number of ketones is 1. The van der Waals surface area contributed by atoms with Gasteiger partial charge in [0.25, 0.3) is 5.56 Å². The number of pyridine rings is 2. The van der Waals surface area contributed by atoms with Crippen LogP contribution in [0.15, 0.2) is 29.3 Å². The molecule has 3 aromatic rings. The van der Waals surface area contributed by atoms with Gasteiger partial charge in [-0.25, -0.2) is 9.97 Å². The molecule has 9 nitrogen and oxygen atoms in total. The van der Waals surface area contributed by atoms with Crippen LogP contribution in [0.3, 0.4) is 0 Å². The van der Waals surface area contributed by atoms with Gasteiger partial charge in [-0.1, -0.05) is 26.7 Å². The maximum Gasteiger partial charge on any atom is 0.263 e. The number of nitrogens with one attached hydrogen (secondary N) is 1. The monoisotopic (exact) mass is 491 g/mol. The second-order valence-electron chi connectivity index (χ2n) is 9.42. The van der Waals surface area contributed by atoms with E-state index in [0.29, 0.717) is 23.0 Å². The highest BCUT2D eigenvalue weighted by Gasteiger charge is 2.26. The van der Waals surface area contributed by atoms with Gasteiger partial charge in [-0.15, -0.1) is 0 Å². The number of nitrogens with zero attached hydrogens (tertiary/aromatic N) is 6. The molecule has 0 amide bonds. The summed E-state index contributed by atoms with van der Waals surface area (Å²) in [5.41, 5.74) is 2.31. The lowest BCUT2D eigenvalue weighted by Crippen LogP contribution is -2.44. The number of aromatic nitrogens is 4. The number of aryl methyl sites for hydroxylation is 1. The largest absolute Gasteiger partial charge is 0.368 e. The molecular formula is C27H37N7O2. The van der Waals surface area contributed by atoms with E-state index < -0.39 is 0 Å². The Morgan fingerprint density at radius 1 is 1.03 bits per heavy atom. The average Bonchev–Trinajstić information content (AvgIpc) is 3.41. The Morgan fingerprint density at radius 2 is 1.72 bits per heavy atom. The SMILES string of the molecule is CC.CC(=O)c1c(C)c2cnc(Nc3ccc(N4CCN(C)CC4)cn3)nc2n(C2CCCC2)c1=O. The Balaban J connectivity index is 0.00000148. The minimum absolute atomic E-state index is 0.0532. The molecule has 36 heavy (non-hydrogen) atoms. The second-order valence-corrected chi connectivity index (χ2v) is 9.42. The van der Waals surface area contributed by atoms with Crippen molar-refractivity contribution in [1.29, 1.82) is 0 Å². The molecule has 1 aliphatic heterocycles. The fraction of sp³-hybridized carbons (Fsp3) is 0.519. The molecule has 0 atom stereocenters. The minimum Gasteiger partial charge on any atom is -0.368 e. The van der Waals surface area contributed by atoms with E-state index in [1.165, 1.54) is 6.92 Å². The van der Waals surface area contributed by atoms with E-state index in [9.17, 15) is 9.59 Å². The normalized spacial score (nSPS) is 16.6. The van der Waals surface area contributed by atoms with E-state index in [1.807, 2.05) is 26.1 Å². The van der Waals surface area contributed by atoms with Crippen LogP contribution >= 0.6 is 0 Å². The number of hydrogen-bond acceptors (Lipinski definition) is 8. The summed E-state index contributed by atoms with van der Waals surface area (Å²) >= 11 is 0. The van der Waals surface area contributed by atoms with Crippen LogP contribution in [-0.2, 0) is 0 Å². The Labute approximate surface area is 212 Å². The van der Waals surface area contributed by atoms with Gasteiger partial charge in [0.15, 0.2) is 5.78 Å². The van der Waals surface area contributed by atoms with E-state index in [2.05, 4.69) is 38.2 Å². The van der Waals surface area contributed by atoms with Gasteiger partial charge in [-0.05, 0) is 51.4 Å². The predicted molar refractivity (Wildman–Crippen MR) is 145 cm³/mol. The molecule has 1 saturated heterocycles. The van der Waals surface area contributed by atoms with E-state index in [4.69, 9.17) is 4.98 Å². The molecule has 0 radical (unpaired) electrons. The molecule has 1 aliphatic carbocycles. The molecule has 4 heterocycles. The van der Waals surface area contributed by atoms with Gasteiger partial charge >= 0.3 is 0 Å². The fourth-order valence-corrected chi connectivity index (χ4v) is 5.14. The van der Waals surface area contributed by atoms with Crippen LogP contribution in [0, 0.1) is 6.92 Å². The van der Waals surface area contributed by atoms with Crippen molar-refractivity contribution in [3.8, 4) is 0 Å². The number of rotatable bonds is 5. The van der Waals surface area contributed by atoms with Crippen molar-refractivity contribution in [2.24, 2.45) is 0 Å². The lowest BCUT2D eigenvalue weighted by molar-refractivity contribution is 0.101. The summed E-state index contributed by atoms with van der Waals surface area (Å²) in [5, 5.41) is 3.92. The molecule has 9 heteroatoms. The van der Waals surface area contributed by atoms with Gasteiger partial charge in [0.1, 0.15) is 11.5 Å². The van der Waals surface area contributed by atoms with Crippen LogP contribution in [0.5, 0.6) is 0 Å². The van der Waals surface area contributed by atoms with Gasteiger partial charge in [0.2, 0.25) is 5.95 Å². The van der Waals surface area contributed by atoms with Crippen LogP contribution < -0.4 is 15.8 Å². The van der Waals surface area contributed by atoms with E-state index >= 15 is 0 Å². The lowest BCUT2D eigenvalue weighted by atomic mass is 10.0. The molecule has 1 saturated carbocycles. The van der Waals surface area contributed by atoms with Crippen LogP contribution in [0.4, 0.5) is 17.5 Å². The molecule has 0 spiro atoms. The topological polar surface area (TPSA) is 96.2 Å². The molecule has 0 unspecified atom stereocenters. The Hall–Kier alpha value is -3.33. The summed E-state index contributed by atoms with van der Waals surface area (Å²) in [6, 6.07) is 4.03. The van der Waals surface area contributed by atoms with Crippen molar-refractivity contribution in [3.63, 3.8) is 0 Å². The minimum atomic E-state index is -0.247. The Kier molecular flexibility index (Phi) is 7.98. The van der Waals surface area contributed by atoms with Crippen LogP contribution in [-0.4, -0.2) is 63.4 Å². The van der Waals surface area contributed by atoms with Crippen LogP contribution in [0.25, 0.3) is 11.0 Å². The summed E-state index contributed by atoms with van der Waals surface area (Å²) < 4.78 is 1.73. The molecule has 2 aliphatic rings. The standard InChI is InChI=1S/C25H31N7O2.C2H6/c1-16-20-15-27-25(28-21-9-8-19(14-26-21)31-12-10-30(3)11-13-31)29-23(20)32(18-6-4-5-7-18)24(34)22(16)17(2)33;1-2/h8-9,14-15,18H,4-7,10-13H2,1-3H3,(H,26,27,28,29);1-2H3. The van der Waals surface area contributed by atoms with E-state index in [1.54, 1.807) is 17.7 Å².